The second-order valence-corrected chi connectivity index (χ2v) is 26.5. The highest BCUT2D eigenvalue weighted by molar-refractivity contribution is 6.33. The molecule has 10 aromatic rings. The maximum atomic E-state index is 13.6. The number of benzene rings is 3. The number of amides is 3. The molecule has 0 spiro atoms. The Bertz CT molecular complexity index is 4590. The first-order valence-electron chi connectivity index (χ1n) is 32.0. The molecule has 1 saturated carbocycles. The summed E-state index contributed by atoms with van der Waals surface area (Å²) in [5.41, 5.74) is 9.58. The molecule has 0 bridgehead atoms. The number of nitrogens with one attached hydrogen (secondary N) is 3. The van der Waals surface area contributed by atoms with E-state index in [1.165, 1.54) is 42.4 Å². The fraction of sp³-hybridized carbons (Fsp3) is 0.300. The average molecular weight is 1430 g/mol. The maximum absolute atomic E-state index is 13.6. The molecule has 3 amide bonds. The molecule has 1 aliphatic carbocycles. The van der Waals surface area contributed by atoms with E-state index in [0.29, 0.717) is 74.0 Å². The Kier molecular flexibility index (Phi) is 21.2. The van der Waals surface area contributed by atoms with Gasteiger partial charge >= 0.3 is 18.1 Å². The molecule has 22 nitrogen and oxygen atoms in total. The number of fused-ring (bicyclic) bond motifs is 3. The van der Waals surface area contributed by atoms with Crippen LogP contribution in [0.5, 0.6) is 0 Å². The lowest BCUT2D eigenvalue weighted by Crippen LogP contribution is -2.32. The van der Waals surface area contributed by atoms with Crippen LogP contribution < -0.4 is 16.0 Å². The van der Waals surface area contributed by atoms with Crippen molar-refractivity contribution in [2.24, 2.45) is 7.05 Å². The first kappa shape index (κ1) is 69.0. The summed E-state index contributed by atoms with van der Waals surface area (Å²) < 4.78 is 20.2. The van der Waals surface area contributed by atoms with Gasteiger partial charge in [-0.1, -0.05) is 115 Å². The summed E-state index contributed by atoms with van der Waals surface area (Å²) in [5.74, 6) is 1.81. The van der Waals surface area contributed by atoms with Crippen LogP contribution in [-0.2, 0) is 26.7 Å². The number of carbonyl (C=O) groups is 3. The molecule has 28 heteroatoms. The number of aryl methyl sites for hydroxylation is 2. The number of aliphatic hydroxyl groups is 3. The van der Waals surface area contributed by atoms with Gasteiger partial charge in [0.25, 0.3) is 0 Å². The van der Waals surface area contributed by atoms with Crippen molar-refractivity contribution in [3.8, 4) is 33.8 Å². The van der Waals surface area contributed by atoms with Gasteiger partial charge in [-0.3, -0.25) is 13.7 Å². The zero-order chi connectivity index (χ0) is 69.1. The molecule has 4 aliphatic rings. The number of aromatic nitrogens is 10. The van der Waals surface area contributed by atoms with E-state index in [4.69, 9.17) is 58.0 Å². The van der Waals surface area contributed by atoms with Gasteiger partial charge in [-0.15, -0.1) is 0 Å². The van der Waals surface area contributed by atoms with E-state index in [1.54, 1.807) is 91.0 Å². The van der Waals surface area contributed by atoms with Crippen molar-refractivity contribution in [2.45, 2.75) is 109 Å². The summed E-state index contributed by atoms with van der Waals surface area (Å²) in [4.78, 5) is 71.1. The zero-order valence-electron chi connectivity index (χ0n) is 53.8. The molecule has 7 aromatic heterocycles. The lowest BCUT2D eigenvalue weighted by Gasteiger charge is -2.26. The van der Waals surface area contributed by atoms with Gasteiger partial charge in [0.1, 0.15) is 11.6 Å². The van der Waals surface area contributed by atoms with Crippen LogP contribution in [0.4, 0.5) is 42.4 Å². The largest absolute Gasteiger partial charge is 0.394 e. The van der Waals surface area contributed by atoms with Gasteiger partial charge in [0.05, 0.1) is 102 Å². The minimum Gasteiger partial charge on any atom is -0.394 e. The Balaban J connectivity index is 0.000000140. The Morgan fingerprint density at radius 2 is 1.03 bits per heavy atom. The van der Waals surface area contributed by atoms with E-state index < -0.39 is 23.9 Å². The number of carbonyl (C=O) groups excluding carboxylic acids is 3. The van der Waals surface area contributed by atoms with Gasteiger partial charge in [-0.2, -0.15) is 0 Å². The molecular weight excluding hydrogens is 1360 g/mol. The maximum Gasteiger partial charge on any atom is 0.329 e. The molecule has 3 aliphatic heterocycles. The van der Waals surface area contributed by atoms with Crippen molar-refractivity contribution in [3.63, 3.8) is 0 Å². The predicted octanol–water partition coefficient (Wildman–Crippen LogP) is 15.1. The molecule has 10 heterocycles. The molecule has 4 atom stereocenters. The second kappa shape index (κ2) is 30.1. The monoisotopic (exact) mass is 1420 g/mol. The molecule has 0 radical (unpaired) electrons. The van der Waals surface area contributed by atoms with Crippen LogP contribution >= 0.6 is 58.0 Å². The van der Waals surface area contributed by atoms with Gasteiger partial charge in [0.2, 0.25) is 17.8 Å². The number of nitrogens with zero attached hydrogens (tertiary/aromatic N) is 13. The third-order valence-corrected chi connectivity index (χ3v) is 19.2. The number of aliphatic hydroxyl groups excluding tert-OH is 3. The topological polar surface area (TPSA) is 255 Å². The highest BCUT2D eigenvalue weighted by Crippen LogP contribution is 2.39. The minimum absolute atomic E-state index is 0.0523. The molecular formula is C70H70Cl5FN16O6. The van der Waals surface area contributed by atoms with Crippen molar-refractivity contribution in [1.29, 1.82) is 0 Å². The lowest BCUT2D eigenvalue weighted by molar-refractivity contribution is 0.141. The van der Waals surface area contributed by atoms with E-state index in [2.05, 4.69) is 59.7 Å². The number of rotatable bonds is 19. The lowest BCUT2D eigenvalue weighted by atomic mass is 9.96. The van der Waals surface area contributed by atoms with E-state index >= 15 is 0 Å². The van der Waals surface area contributed by atoms with Crippen LogP contribution in [0.2, 0.25) is 25.1 Å². The SMILES string of the molecule is CC[C@H](C)Nc1ncc(Cl)c(-c2cc3n(c2)C(=O)N([C@H](CO)c2cccc(Cl)c2)C3)n1.Cc1cnc(Nc2cccn2C)nc1-c1cc2n(c1)C(=O)N([C@H](CO)c1ccc(F)c(Cl)c1)C2.O=C1N([C@H](CO)c2cccc(Cl)c2)Cc2cc(-c3nc(NC4CCCCC4)ncc3Cl)cn21. The molecule has 0 saturated heterocycles. The van der Waals surface area contributed by atoms with Gasteiger partial charge in [-0.05, 0) is 122 Å². The average Bonchev–Trinajstić information content (AvgIpc) is 1.62. The fourth-order valence-electron chi connectivity index (χ4n) is 12.5. The second-order valence-electron chi connectivity index (χ2n) is 24.4. The summed E-state index contributed by atoms with van der Waals surface area (Å²) in [7, 11) is 1.92. The zero-order valence-corrected chi connectivity index (χ0v) is 57.6. The van der Waals surface area contributed by atoms with Crippen LogP contribution in [0.15, 0.2) is 140 Å². The normalized spacial score (nSPS) is 15.4. The Morgan fingerprint density at radius 3 is 1.49 bits per heavy atom. The number of anilines is 4. The number of halogens is 6. The summed E-state index contributed by atoms with van der Waals surface area (Å²) in [6, 6.07) is 26.5. The van der Waals surface area contributed by atoms with Crippen molar-refractivity contribution < 1.29 is 34.1 Å². The van der Waals surface area contributed by atoms with Gasteiger partial charge in [0, 0.05) is 93.9 Å². The smallest absolute Gasteiger partial charge is 0.329 e. The van der Waals surface area contributed by atoms with Gasteiger partial charge < -0.3 is 50.5 Å². The van der Waals surface area contributed by atoms with Crippen molar-refractivity contribution in [1.82, 2.24) is 62.9 Å². The molecule has 508 valence electrons. The van der Waals surface area contributed by atoms with Crippen LogP contribution in [0.1, 0.15) is 110 Å². The van der Waals surface area contributed by atoms with Crippen LogP contribution in [0, 0.1) is 12.7 Å². The molecule has 0 unspecified atom stereocenters. The predicted molar refractivity (Wildman–Crippen MR) is 377 cm³/mol. The van der Waals surface area contributed by atoms with Crippen molar-refractivity contribution in [2.75, 3.05) is 35.8 Å². The highest BCUT2D eigenvalue weighted by atomic mass is 35.5. The summed E-state index contributed by atoms with van der Waals surface area (Å²) in [6.07, 6.45) is 18.9. The quantitative estimate of drug-likeness (QED) is 0.0440. The number of hydrogen-bond donors (Lipinski definition) is 6. The summed E-state index contributed by atoms with van der Waals surface area (Å²) >= 11 is 30.9. The standard InChI is InChI=1S/C24H25Cl2N5O2.C24H22ClFN6O2.C22H23Cl2N5O2/c25-17-6-4-5-15(9-17)21(14-32)31-13-19-10-16(12-30(19)24(31)33)22-20(26)11-27-23(29-22)28-18-7-2-1-3-8-18;1-14-10-27-23(28-21-4-3-7-30(21)2)29-22(14)16-8-17-12-32(24(34)31(17)11-16)20(13-33)15-5-6-19(26)18(25)9-15;1-3-13(2)26-21-25-9-18(24)20(27-21)15-8-17-11-29(22(31)28(17)10-15)19(12-30)14-5-4-6-16(23)7-14/h4-6,9-12,18,21,32H,1-3,7-8,13-14H2,(H,27,28,29);3-11,20,33H,12-13H2,1-2H3,(H,27,28,29);4-10,13,19,30H,3,11-12H2,1-2H3,(H,25,26,27)/t21-;20-;13-,19+/m110/s1. The van der Waals surface area contributed by atoms with Crippen molar-refractivity contribution in [3.05, 3.63) is 211 Å². The third-order valence-electron chi connectivity index (χ3n) is 17.9. The fourth-order valence-corrected chi connectivity index (χ4v) is 13.5. The van der Waals surface area contributed by atoms with Gasteiger partial charge in [-0.25, -0.2) is 48.7 Å². The summed E-state index contributed by atoms with van der Waals surface area (Å²) in [6.45, 7) is 6.34. The van der Waals surface area contributed by atoms with E-state index in [1.807, 2.05) is 73.3 Å². The van der Waals surface area contributed by atoms with E-state index in [9.17, 15) is 34.1 Å². The Hall–Kier alpha value is -8.91. The third kappa shape index (κ3) is 14.8. The molecule has 3 aromatic carbocycles. The summed E-state index contributed by atoms with van der Waals surface area (Å²) in [5, 5.41) is 41.8. The first-order chi connectivity index (χ1) is 47.3. The van der Waals surface area contributed by atoms with Gasteiger partial charge in [0.15, 0.2) is 0 Å². The van der Waals surface area contributed by atoms with Crippen molar-refractivity contribution >= 4 is 99.8 Å². The highest BCUT2D eigenvalue weighted by Gasteiger charge is 2.38. The molecule has 1 fully saturated rings. The Labute approximate surface area is 589 Å². The van der Waals surface area contributed by atoms with E-state index in [0.717, 1.165) is 81.2 Å². The van der Waals surface area contributed by atoms with Crippen LogP contribution in [-0.4, -0.2) is 128 Å². The molecule has 98 heavy (non-hydrogen) atoms. The molecule has 14 rings (SSSR count). The van der Waals surface area contributed by atoms with Crippen LogP contribution in [0.3, 0.4) is 0 Å². The first-order valence-corrected chi connectivity index (χ1v) is 33.8. The Morgan fingerprint density at radius 1 is 0.561 bits per heavy atom. The number of hydrogen-bond acceptors (Lipinski definition) is 15. The minimum atomic E-state index is -0.643. The van der Waals surface area contributed by atoms with Crippen LogP contribution in [0.25, 0.3) is 33.8 Å². The molecule has 6 N–H and O–H groups in total. The van der Waals surface area contributed by atoms with E-state index in [-0.39, 0.29) is 55.5 Å².